The number of hydrogen-bond acceptors (Lipinski definition) is 6. The van der Waals surface area contributed by atoms with Crippen molar-refractivity contribution in [2.75, 3.05) is 14.2 Å². The molecular formula is C27H39N5O5. The van der Waals surface area contributed by atoms with E-state index in [-0.39, 0.29) is 17.2 Å². The van der Waals surface area contributed by atoms with Gasteiger partial charge in [0, 0.05) is 33.6 Å². The maximum absolute atomic E-state index is 12.7. The summed E-state index contributed by atoms with van der Waals surface area (Å²) in [6.07, 6.45) is 10.1. The van der Waals surface area contributed by atoms with Crippen LogP contribution in [0.4, 0.5) is 0 Å². The maximum atomic E-state index is 12.7. The minimum atomic E-state index is -0.316. The normalized spacial score (nSPS) is 11.1. The zero-order valence-electron chi connectivity index (χ0n) is 22.4. The predicted octanol–water partition coefficient (Wildman–Crippen LogP) is 3.28. The number of fused-ring (bicyclic) bond motifs is 1. The van der Waals surface area contributed by atoms with Crippen LogP contribution in [0.25, 0.3) is 11.2 Å². The summed E-state index contributed by atoms with van der Waals surface area (Å²) in [5, 5.41) is 2.96. The molecule has 1 N–H and O–H groups in total. The number of unbranched alkanes of at least 4 members (excludes halogenated alkanes) is 7. The van der Waals surface area contributed by atoms with Gasteiger partial charge in [0.15, 0.2) is 22.7 Å². The van der Waals surface area contributed by atoms with Crippen LogP contribution in [0.15, 0.2) is 34.1 Å². The minimum absolute atomic E-state index is 0.0560. The molecule has 0 bridgehead atoms. The van der Waals surface area contributed by atoms with Crippen molar-refractivity contribution in [3.8, 4) is 11.5 Å². The Hall–Kier alpha value is -3.56. The Labute approximate surface area is 217 Å². The van der Waals surface area contributed by atoms with Gasteiger partial charge in [-0.25, -0.2) is 9.78 Å². The molecule has 0 aliphatic rings. The fourth-order valence-corrected chi connectivity index (χ4v) is 4.49. The molecule has 0 spiro atoms. The molecule has 0 unspecified atom stereocenters. The summed E-state index contributed by atoms with van der Waals surface area (Å²) >= 11 is 0. The van der Waals surface area contributed by atoms with E-state index in [0.717, 1.165) is 56.9 Å². The van der Waals surface area contributed by atoms with E-state index in [1.807, 2.05) is 18.2 Å². The predicted molar refractivity (Wildman–Crippen MR) is 143 cm³/mol. The molecule has 1 aromatic carbocycles. The van der Waals surface area contributed by atoms with Gasteiger partial charge in [0.2, 0.25) is 5.91 Å². The first-order valence-electron chi connectivity index (χ1n) is 13.0. The summed E-state index contributed by atoms with van der Waals surface area (Å²) in [6.45, 7) is 0.887. The van der Waals surface area contributed by atoms with Crippen LogP contribution in [0.2, 0.25) is 0 Å². The van der Waals surface area contributed by atoms with E-state index in [1.165, 1.54) is 9.13 Å². The molecule has 0 aliphatic heterocycles. The number of imidazole rings is 1. The number of benzene rings is 1. The topological polar surface area (TPSA) is 109 Å². The Morgan fingerprint density at radius 2 is 1.57 bits per heavy atom. The van der Waals surface area contributed by atoms with Crippen molar-refractivity contribution in [1.29, 1.82) is 0 Å². The van der Waals surface area contributed by atoms with Gasteiger partial charge in [0.25, 0.3) is 5.56 Å². The molecule has 37 heavy (non-hydrogen) atoms. The van der Waals surface area contributed by atoms with Crippen molar-refractivity contribution in [2.24, 2.45) is 14.1 Å². The van der Waals surface area contributed by atoms with Gasteiger partial charge in [0.1, 0.15) is 0 Å². The highest BCUT2D eigenvalue weighted by Crippen LogP contribution is 2.27. The molecular weight excluding hydrogens is 474 g/mol. The van der Waals surface area contributed by atoms with E-state index in [0.29, 0.717) is 42.2 Å². The number of amides is 1. The van der Waals surface area contributed by atoms with Crippen molar-refractivity contribution in [1.82, 2.24) is 24.0 Å². The molecule has 2 heterocycles. The average molecular weight is 514 g/mol. The van der Waals surface area contributed by atoms with Crippen LogP contribution in [0.1, 0.15) is 63.4 Å². The fraction of sp³-hybridized carbons (Fsp3) is 0.556. The zero-order valence-corrected chi connectivity index (χ0v) is 22.4. The molecule has 0 saturated carbocycles. The van der Waals surface area contributed by atoms with Crippen LogP contribution in [0.5, 0.6) is 11.5 Å². The fourth-order valence-electron chi connectivity index (χ4n) is 4.49. The van der Waals surface area contributed by atoms with E-state index >= 15 is 0 Å². The number of methoxy groups -OCH3 is 2. The van der Waals surface area contributed by atoms with E-state index in [1.54, 1.807) is 39.2 Å². The number of carbonyl (C=O) groups is 1. The van der Waals surface area contributed by atoms with Crippen molar-refractivity contribution >= 4 is 17.1 Å². The van der Waals surface area contributed by atoms with Gasteiger partial charge < -0.3 is 19.4 Å². The quantitative estimate of drug-likeness (QED) is 0.313. The molecule has 3 rings (SSSR count). The highest BCUT2D eigenvalue weighted by atomic mass is 16.5. The Bertz CT molecular complexity index is 1310. The number of nitrogens with zero attached hydrogens (tertiary/aromatic N) is 4. The second-order valence-electron chi connectivity index (χ2n) is 9.37. The first kappa shape index (κ1) is 28.0. The lowest BCUT2D eigenvalue weighted by atomic mass is 10.1. The summed E-state index contributed by atoms with van der Waals surface area (Å²) < 4.78 is 15.0. The third kappa shape index (κ3) is 7.24. The molecule has 0 aliphatic carbocycles. The molecule has 1 amide bonds. The number of ether oxygens (including phenoxy) is 2. The summed E-state index contributed by atoms with van der Waals surface area (Å²) in [4.78, 5) is 41.5. The Morgan fingerprint density at radius 1 is 0.919 bits per heavy atom. The van der Waals surface area contributed by atoms with E-state index in [9.17, 15) is 14.4 Å². The molecule has 3 aromatic rings. The van der Waals surface area contributed by atoms with E-state index in [4.69, 9.17) is 9.47 Å². The lowest BCUT2D eigenvalue weighted by Crippen LogP contribution is -2.39. The number of aryl methyl sites for hydroxylation is 2. The Balaban J connectivity index is 1.26. The van der Waals surface area contributed by atoms with Gasteiger partial charge in [-0.15, -0.1) is 0 Å². The summed E-state index contributed by atoms with van der Waals surface area (Å²) in [5.74, 6) is 1.38. The Kier molecular flexibility index (Phi) is 10.3. The third-order valence-electron chi connectivity index (χ3n) is 6.67. The lowest BCUT2D eigenvalue weighted by Gasteiger charge is -2.10. The molecule has 2 aromatic heterocycles. The van der Waals surface area contributed by atoms with Gasteiger partial charge in [0.05, 0.1) is 20.5 Å². The highest BCUT2D eigenvalue weighted by molar-refractivity contribution is 5.75. The standard InChI is InChI=1S/C27H39N5O5/c1-30-19-29-25-24(30)26(34)32(27(35)31(25)2)16-12-10-8-6-5-7-9-11-13-23(33)28-18-20-14-15-21(36-3)22(17-20)37-4/h14-15,17,19H,5-13,16,18H2,1-4H3,(H,28,33). The molecule has 10 nitrogen and oxygen atoms in total. The van der Waals surface area contributed by atoms with Gasteiger partial charge in [-0.05, 0) is 30.5 Å². The largest absolute Gasteiger partial charge is 0.493 e. The summed E-state index contributed by atoms with van der Waals surface area (Å²) in [5.41, 5.74) is 1.25. The Morgan fingerprint density at radius 3 is 2.24 bits per heavy atom. The third-order valence-corrected chi connectivity index (χ3v) is 6.67. The molecule has 0 atom stereocenters. The smallest absolute Gasteiger partial charge is 0.332 e. The number of rotatable bonds is 15. The zero-order chi connectivity index (χ0) is 26.8. The lowest BCUT2D eigenvalue weighted by molar-refractivity contribution is -0.121. The summed E-state index contributed by atoms with van der Waals surface area (Å²) in [6, 6.07) is 5.62. The average Bonchev–Trinajstić information content (AvgIpc) is 3.30. The number of nitrogens with one attached hydrogen (secondary N) is 1. The molecule has 202 valence electrons. The van der Waals surface area contributed by atoms with Crippen LogP contribution in [-0.4, -0.2) is 38.8 Å². The minimum Gasteiger partial charge on any atom is -0.493 e. The second-order valence-corrected chi connectivity index (χ2v) is 9.37. The second kappa shape index (κ2) is 13.7. The number of carbonyl (C=O) groups excluding carboxylic acids is 1. The van der Waals surface area contributed by atoms with Crippen molar-refractivity contribution in [2.45, 2.75) is 70.9 Å². The van der Waals surface area contributed by atoms with Crippen molar-refractivity contribution in [3.05, 3.63) is 50.9 Å². The molecule has 0 fully saturated rings. The first-order chi connectivity index (χ1) is 17.9. The van der Waals surface area contributed by atoms with Crippen LogP contribution >= 0.6 is 0 Å². The van der Waals surface area contributed by atoms with Crippen molar-refractivity contribution < 1.29 is 14.3 Å². The molecule has 0 saturated heterocycles. The van der Waals surface area contributed by atoms with Crippen LogP contribution in [0, 0.1) is 0 Å². The highest BCUT2D eigenvalue weighted by Gasteiger charge is 2.14. The van der Waals surface area contributed by atoms with Gasteiger partial charge in [-0.3, -0.25) is 18.7 Å². The van der Waals surface area contributed by atoms with Gasteiger partial charge in [-0.1, -0.05) is 44.6 Å². The maximum Gasteiger partial charge on any atom is 0.332 e. The van der Waals surface area contributed by atoms with E-state index < -0.39 is 0 Å². The SMILES string of the molecule is COc1ccc(CNC(=O)CCCCCCCCCCn2c(=O)c3c(ncn3C)n(C)c2=O)cc1OC. The molecule has 10 heteroatoms. The van der Waals surface area contributed by atoms with Crippen LogP contribution in [-0.2, 0) is 32.0 Å². The van der Waals surface area contributed by atoms with Gasteiger partial charge >= 0.3 is 5.69 Å². The first-order valence-corrected chi connectivity index (χ1v) is 13.0. The van der Waals surface area contributed by atoms with E-state index in [2.05, 4.69) is 10.3 Å². The molecule has 0 radical (unpaired) electrons. The monoisotopic (exact) mass is 513 g/mol. The van der Waals surface area contributed by atoms with Crippen LogP contribution < -0.4 is 26.0 Å². The van der Waals surface area contributed by atoms with Crippen LogP contribution in [0.3, 0.4) is 0 Å². The van der Waals surface area contributed by atoms with Crippen molar-refractivity contribution in [3.63, 3.8) is 0 Å². The summed E-state index contributed by atoms with van der Waals surface area (Å²) in [7, 11) is 6.60. The number of aromatic nitrogens is 4. The van der Waals surface area contributed by atoms with Gasteiger partial charge in [-0.2, -0.15) is 0 Å². The number of hydrogen-bond donors (Lipinski definition) is 1.